The normalized spacial score (nSPS) is 12.3. The van der Waals surface area contributed by atoms with Gasteiger partial charge in [0, 0.05) is 5.69 Å². The zero-order valence-corrected chi connectivity index (χ0v) is 15.1. The number of rotatable bonds is 5. The SMILES string of the molecule is CC(C)Cc1ccc(C(C)C(=O)Nc2ccc(Cl)c(Cl)c2)cc1. The number of carbonyl (C=O) groups is 1. The molecule has 0 spiro atoms. The van der Waals surface area contributed by atoms with Crippen LogP contribution >= 0.6 is 23.2 Å². The van der Waals surface area contributed by atoms with Crippen LogP contribution in [0.3, 0.4) is 0 Å². The number of amides is 1. The van der Waals surface area contributed by atoms with Crippen LogP contribution in [0.15, 0.2) is 42.5 Å². The maximum absolute atomic E-state index is 12.4. The zero-order chi connectivity index (χ0) is 17.0. The van der Waals surface area contributed by atoms with E-state index in [1.807, 2.05) is 19.1 Å². The molecule has 0 bridgehead atoms. The maximum Gasteiger partial charge on any atom is 0.231 e. The predicted molar refractivity (Wildman–Crippen MR) is 98.5 cm³/mol. The smallest absolute Gasteiger partial charge is 0.231 e. The summed E-state index contributed by atoms with van der Waals surface area (Å²) in [4.78, 5) is 12.4. The molecule has 0 saturated heterocycles. The molecule has 0 aliphatic carbocycles. The molecule has 0 saturated carbocycles. The van der Waals surface area contributed by atoms with Gasteiger partial charge in [-0.05, 0) is 48.6 Å². The van der Waals surface area contributed by atoms with E-state index < -0.39 is 0 Å². The van der Waals surface area contributed by atoms with E-state index in [0.29, 0.717) is 21.7 Å². The van der Waals surface area contributed by atoms with Crippen molar-refractivity contribution in [3.63, 3.8) is 0 Å². The highest BCUT2D eigenvalue weighted by atomic mass is 35.5. The van der Waals surface area contributed by atoms with E-state index in [1.54, 1.807) is 18.2 Å². The molecule has 0 aliphatic rings. The van der Waals surface area contributed by atoms with E-state index in [2.05, 4.69) is 31.3 Å². The number of nitrogens with one attached hydrogen (secondary N) is 1. The summed E-state index contributed by atoms with van der Waals surface area (Å²) >= 11 is 11.9. The lowest BCUT2D eigenvalue weighted by atomic mass is 9.96. The van der Waals surface area contributed by atoms with Crippen molar-refractivity contribution in [2.24, 2.45) is 5.92 Å². The van der Waals surface area contributed by atoms with Crippen LogP contribution in [0.5, 0.6) is 0 Å². The van der Waals surface area contributed by atoms with Crippen molar-refractivity contribution >= 4 is 34.8 Å². The van der Waals surface area contributed by atoms with E-state index in [1.165, 1.54) is 5.56 Å². The monoisotopic (exact) mass is 349 g/mol. The van der Waals surface area contributed by atoms with Crippen LogP contribution in [0.2, 0.25) is 10.0 Å². The molecule has 122 valence electrons. The molecule has 23 heavy (non-hydrogen) atoms. The minimum atomic E-state index is -0.238. The van der Waals surface area contributed by atoms with E-state index in [0.717, 1.165) is 12.0 Å². The molecule has 0 radical (unpaired) electrons. The number of anilines is 1. The molecule has 4 heteroatoms. The molecule has 2 aromatic rings. The minimum Gasteiger partial charge on any atom is -0.326 e. The average molecular weight is 350 g/mol. The second-order valence-corrected chi connectivity index (χ2v) is 6.99. The number of benzene rings is 2. The Morgan fingerprint density at radius 2 is 1.65 bits per heavy atom. The van der Waals surface area contributed by atoms with Crippen LogP contribution in [-0.2, 0) is 11.2 Å². The molecule has 1 atom stereocenters. The lowest BCUT2D eigenvalue weighted by Crippen LogP contribution is -2.18. The van der Waals surface area contributed by atoms with E-state index in [4.69, 9.17) is 23.2 Å². The molecule has 0 heterocycles. The summed E-state index contributed by atoms with van der Waals surface area (Å²) in [6, 6.07) is 13.3. The standard InChI is InChI=1S/C19H21Cl2NO/c1-12(2)10-14-4-6-15(7-5-14)13(3)19(23)22-16-8-9-17(20)18(21)11-16/h4-9,11-13H,10H2,1-3H3,(H,22,23). The Morgan fingerprint density at radius 1 is 1.00 bits per heavy atom. The first-order chi connectivity index (χ1) is 10.9. The number of hydrogen-bond donors (Lipinski definition) is 1. The Balaban J connectivity index is 2.05. The van der Waals surface area contributed by atoms with Crippen molar-refractivity contribution in [1.29, 1.82) is 0 Å². The van der Waals surface area contributed by atoms with Crippen molar-refractivity contribution in [1.82, 2.24) is 0 Å². The minimum absolute atomic E-state index is 0.0694. The van der Waals surface area contributed by atoms with Crippen LogP contribution in [0.1, 0.15) is 37.8 Å². The quantitative estimate of drug-likeness (QED) is 0.711. The van der Waals surface area contributed by atoms with Gasteiger partial charge in [0.1, 0.15) is 0 Å². The van der Waals surface area contributed by atoms with Gasteiger partial charge in [0.15, 0.2) is 0 Å². The summed E-state index contributed by atoms with van der Waals surface area (Å²) in [5.41, 5.74) is 2.93. The Morgan fingerprint density at radius 3 is 2.22 bits per heavy atom. The molecule has 2 nitrogen and oxygen atoms in total. The van der Waals surface area contributed by atoms with E-state index >= 15 is 0 Å². The highest BCUT2D eigenvalue weighted by Gasteiger charge is 2.15. The van der Waals surface area contributed by atoms with Crippen LogP contribution in [-0.4, -0.2) is 5.91 Å². The summed E-state index contributed by atoms with van der Waals surface area (Å²) in [5, 5.41) is 3.77. The first-order valence-corrected chi connectivity index (χ1v) is 8.47. The van der Waals surface area contributed by atoms with Crippen molar-refractivity contribution in [3.8, 4) is 0 Å². The first kappa shape index (κ1) is 17.8. The molecule has 1 unspecified atom stereocenters. The summed E-state index contributed by atoms with van der Waals surface area (Å²) in [6.45, 7) is 6.28. The predicted octanol–water partition coefficient (Wildman–Crippen LogP) is 5.93. The van der Waals surface area contributed by atoms with Gasteiger partial charge in [-0.15, -0.1) is 0 Å². The number of halogens is 2. The lowest BCUT2D eigenvalue weighted by Gasteiger charge is -2.14. The highest BCUT2D eigenvalue weighted by molar-refractivity contribution is 6.42. The fraction of sp³-hybridized carbons (Fsp3) is 0.316. The summed E-state index contributed by atoms with van der Waals surface area (Å²) in [7, 11) is 0. The van der Waals surface area contributed by atoms with Crippen LogP contribution in [0.4, 0.5) is 5.69 Å². The third-order valence-corrected chi connectivity index (χ3v) is 4.44. The fourth-order valence-electron chi connectivity index (χ4n) is 2.39. The third kappa shape index (κ3) is 4.98. The highest BCUT2D eigenvalue weighted by Crippen LogP contribution is 2.26. The molecule has 0 aliphatic heterocycles. The molecule has 2 aromatic carbocycles. The molecule has 1 amide bonds. The Bertz CT molecular complexity index is 680. The van der Waals surface area contributed by atoms with Crippen molar-refractivity contribution in [2.45, 2.75) is 33.1 Å². The topological polar surface area (TPSA) is 29.1 Å². The number of carbonyl (C=O) groups excluding carboxylic acids is 1. The van der Waals surface area contributed by atoms with Gasteiger partial charge in [-0.25, -0.2) is 0 Å². The van der Waals surface area contributed by atoms with Gasteiger partial charge in [0.2, 0.25) is 5.91 Å². The summed E-state index contributed by atoms with van der Waals surface area (Å²) < 4.78 is 0. The van der Waals surface area contributed by atoms with Gasteiger partial charge in [-0.1, -0.05) is 61.3 Å². The van der Waals surface area contributed by atoms with Gasteiger partial charge in [-0.3, -0.25) is 4.79 Å². The van der Waals surface area contributed by atoms with Crippen LogP contribution < -0.4 is 5.32 Å². The lowest BCUT2D eigenvalue weighted by molar-refractivity contribution is -0.117. The first-order valence-electron chi connectivity index (χ1n) is 7.71. The van der Waals surface area contributed by atoms with Crippen LogP contribution in [0.25, 0.3) is 0 Å². The van der Waals surface area contributed by atoms with E-state index in [-0.39, 0.29) is 11.8 Å². The van der Waals surface area contributed by atoms with Crippen molar-refractivity contribution < 1.29 is 4.79 Å². The average Bonchev–Trinajstić information content (AvgIpc) is 2.50. The van der Waals surface area contributed by atoms with Crippen molar-refractivity contribution in [3.05, 3.63) is 63.6 Å². The molecule has 1 N–H and O–H groups in total. The Labute approximate surface area is 147 Å². The van der Waals surface area contributed by atoms with Gasteiger partial charge >= 0.3 is 0 Å². The third-order valence-electron chi connectivity index (χ3n) is 3.70. The molecular formula is C19H21Cl2NO. The fourth-order valence-corrected chi connectivity index (χ4v) is 2.69. The van der Waals surface area contributed by atoms with Crippen molar-refractivity contribution in [2.75, 3.05) is 5.32 Å². The Kier molecular flexibility index (Phi) is 6.09. The number of hydrogen-bond acceptors (Lipinski definition) is 1. The van der Waals surface area contributed by atoms with Gasteiger partial charge in [-0.2, -0.15) is 0 Å². The molecule has 0 aromatic heterocycles. The molecule has 0 fully saturated rings. The Hall–Kier alpha value is -1.51. The van der Waals surface area contributed by atoms with Gasteiger partial charge in [0.05, 0.1) is 16.0 Å². The van der Waals surface area contributed by atoms with Gasteiger partial charge in [0.25, 0.3) is 0 Å². The van der Waals surface area contributed by atoms with Gasteiger partial charge < -0.3 is 5.32 Å². The largest absolute Gasteiger partial charge is 0.326 e. The zero-order valence-electron chi connectivity index (χ0n) is 13.6. The van der Waals surface area contributed by atoms with Crippen LogP contribution in [0, 0.1) is 5.92 Å². The summed E-state index contributed by atoms with van der Waals surface area (Å²) in [5.74, 6) is 0.314. The molecule has 2 rings (SSSR count). The second-order valence-electron chi connectivity index (χ2n) is 6.18. The summed E-state index contributed by atoms with van der Waals surface area (Å²) in [6.07, 6.45) is 1.05. The second kappa shape index (κ2) is 7.85. The maximum atomic E-state index is 12.4. The van der Waals surface area contributed by atoms with E-state index in [9.17, 15) is 4.79 Å². The molecular weight excluding hydrogens is 329 g/mol.